The molecule has 0 aliphatic carbocycles. The average Bonchev–Trinajstić information content (AvgIpc) is 3.17. The lowest BCUT2D eigenvalue weighted by Crippen LogP contribution is -2.40. The molecule has 0 aliphatic heterocycles. The number of rotatable bonds is 11. The number of benzene rings is 1. The Balaban J connectivity index is 0.00000450. The summed E-state index contributed by atoms with van der Waals surface area (Å²) in [7, 11) is 0. The summed E-state index contributed by atoms with van der Waals surface area (Å²) in [6.07, 6.45) is 3.31. The fourth-order valence-corrected chi connectivity index (χ4v) is 2.76. The van der Waals surface area contributed by atoms with E-state index in [2.05, 4.69) is 25.8 Å². The molecule has 0 bridgehead atoms. The molecule has 0 fully saturated rings. The number of aliphatic imine (C=N–C) groups is 1. The molecule has 10 heteroatoms. The number of ether oxygens (including phenoxy) is 1. The number of halogens is 3. The van der Waals surface area contributed by atoms with Crippen LogP contribution in [-0.2, 0) is 17.7 Å². The molecule has 1 aromatic heterocycles. The normalized spacial score (nSPS) is 12.4. The number of aromatic nitrogens is 3. The van der Waals surface area contributed by atoms with E-state index >= 15 is 0 Å². The molecular formula is C20H31F2IN6O. The summed E-state index contributed by atoms with van der Waals surface area (Å²) in [6, 6.07) is 3.65. The molecule has 0 aliphatic rings. The number of guanidine groups is 1. The van der Waals surface area contributed by atoms with Crippen molar-refractivity contribution in [1.29, 1.82) is 0 Å². The van der Waals surface area contributed by atoms with E-state index in [1.807, 2.05) is 25.3 Å². The van der Waals surface area contributed by atoms with Gasteiger partial charge in [0.15, 0.2) is 17.6 Å². The van der Waals surface area contributed by atoms with Gasteiger partial charge in [0.25, 0.3) is 0 Å². The summed E-state index contributed by atoms with van der Waals surface area (Å²) in [5, 5.41) is 14.5. The Bertz CT molecular complexity index is 786. The van der Waals surface area contributed by atoms with Crippen LogP contribution >= 0.6 is 24.0 Å². The Morgan fingerprint density at radius 1 is 1.27 bits per heavy atom. The highest BCUT2D eigenvalue weighted by Crippen LogP contribution is 2.15. The third-order valence-electron chi connectivity index (χ3n) is 4.37. The molecule has 1 atom stereocenters. The predicted octanol–water partition coefficient (Wildman–Crippen LogP) is 3.46. The Morgan fingerprint density at radius 2 is 2.07 bits per heavy atom. The van der Waals surface area contributed by atoms with E-state index in [-0.39, 0.29) is 30.0 Å². The van der Waals surface area contributed by atoms with E-state index in [9.17, 15) is 8.78 Å². The van der Waals surface area contributed by atoms with Crippen molar-refractivity contribution in [3.63, 3.8) is 0 Å². The highest BCUT2D eigenvalue weighted by molar-refractivity contribution is 14.0. The average molecular weight is 536 g/mol. The zero-order valence-electron chi connectivity index (χ0n) is 17.7. The second-order valence-corrected chi connectivity index (χ2v) is 6.54. The zero-order chi connectivity index (χ0) is 21.1. The van der Waals surface area contributed by atoms with Crippen LogP contribution in [0.3, 0.4) is 0 Å². The van der Waals surface area contributed by atoms with Gasteiger partial charge in [0.2, 0.25) is 0 Å². The van der Waals surface area contributed by atoms with E-state index in [0.717, 1.165) is 24.7 Å². The smallest absolute Gasteiger partial charge is 0.191 e. The minimum Gasteiger partial charge on any atom is -0.382 e. The largest absolute Gasteiger partial charge is 0.382 e. The predicted molar refractivity (Wildman–Crippen MR) is 124 cm³/mol. The maximum atomic E-state index is 13.6. The SMILES string of the molecule is CCOCCCN=C(NCCn1cnnc1CC)NC(C)c1ccc(F)c(F)c1.I. The Kier molecular flexibility index (Phi) is 12.4. The summed E-state index contributed by atoms with van der Waals surface area (Å²) in [5.74, 6) is -0.196. The van der Waals surface area contributed by atoms with Gasteiger partial charge in [0.1, 0.15) is 12.2 Å². The summed E-state index contributed by atoms with van der Waals surface area (Å²) in [5.41, 5.74) is 0.639. The minimum atomic E-state index is -0.862. The fraction of sp³-hybridized carbons (Fsp3) is 0.550. The molecule has 168 valence electrons. The maximum Gasteiger partial charge on any atom is 0.191 e. The molecule has 2 N–H and O–H groups in total. The first kappa shape index (κ1) is 26.2. The van der Waals surface area contributed by atoms with E-state index in [1.165, 1.54) is 6.07 Å². The zero-order valence-corrected chi connectivity index (χ0v) is 20.0. The minimum absolute atomic E-state index is 0. The van der Waals surface area contributed by atoms with Gasteiger partial charge in [0.05, 0.1) is 6.04 Å². The van der Waals surface area contributed by atoms with Gasteiger partial charge >= 0.3 is 0 Å². The van der Waals surface area contributed by atoms with Crippen LogP contribution in [0.25, 0.3) is 0 Å². The van der Waals surface area contributed by atoms with E-state index < -0.39 is 11.6 Å². The molecule has 0 saturated carbocycles. The monoisotopic (exact) mass is 536 g/mol. The van der Waals surface area contributed by atoms with Crippen LogP contribution in [-0.4, -0.2) is 47.0 Å². The van der Waals surface area contributed by atoms with Crippen LogP contribution < -0.4 is 10.6 Å². The fourth-order valence-electron chi connectivity index (χ4n) is 2.76. The van der Waals surface area contributed by atoms with Crippen molar-refractivity contribution >= 4 is 29.9 Å². The number of aryl methyl sites for hydroxylation is 1. The number of nitrogens with one attached hydrogen (secondary N) is 2. The molecule has 2 rings (SSSR count). The van der Waals surface area contributed by atoms with Crippen LogP contribution in [0.2, 0.25) is 0 Å². The lowest BCUT2D eigenvalue weighted by molar-refractivity contribution is 0.146. The van der Waals surface area contributed by atoms with Gasteiger partial charge in [-0.1, -0.05) is 13.0 Å². The molecule has 0 radical (unpaired) electrons. The third kappa shape index (κ3) is 8.50. The van der Waals surface area contributed by atoms with E-state index in [4.69, 9.17) is 4.74 Å². The van der Waals surface area contributed by atoms with Crippen molar-refractivity contribution in [3.8, 4) is 0 Å². The molecule has 30 heavy (non-hydrogen) atoms. The molecule has 0 amide bonds. The Labute approximate surface area is 193 Å². The first-order valence-electron chi connectivity index (χ1n) is 9.99. The number of hydrogen-bond acceptors (Lipinski definition) is 4. The van der Waals surface area contributed by atoms with Gasteiger partial charge in [-0.25, -0.2) is 8.78 Å². The molecule has 0 spiro atoms. The van der Waals surface area contributed by atoms with Crippen molar-refractivity contribution in [2.24, 2.45) is 4.99 Å². The lowest BCUT2D eigenvalue weighted by Gasteiger charge is -2.19. The summed E-state index contributed by atoms with van der Waals surface area (Å²) >= 11 is 0. The molecule has 1 aromatic carbocycles. The number of nitrogens with zero attached hydrogens (tertiary/aromatic N) is 4. The summed E-state index contributed by atoms with van der Waals surface area (Å²) in [4.78, 5) is 4.57. The maximum absolute atomic E-state index is 13.6. The Morgan fingerprint density at radius 3 is 2.77 bits per heavy atom. The van der Waals surface area contributed by atoms with Crippen LogP contribution in [0.4, 0.5) is 8.78 Å². The van der Waals surface area contributed by atoms with Crippen molar-refractivity contribution in [2.75, 3.05) is 26.3 Å². The van der Waals surface area contributed by atoms with Crippen molar-refractivity contribution in [3.05, 3.63) is 47.5 Å². The molecule has 0 saturated heterocycles. The highest BCUT2D eigenvalue weighted by atomic mass is 127. The topological polar surface area (TPSA) is 76.4 Å². The lowest BCUT2D eigenvalue weighted by atomic mass is 10.1. The first-order valence-corrected chi connectivity index (χ1v) is 9.99. The molecule has 1 heterocycles. The number of hydrogen-bond donors (Lipinski definition) is 2. The van der Waals surface area contributed by atoms with Gasteiger partial charge in [-0.15, -0.1) is 34.2 Å². The quantitative estimate of drug-likeness (QED) is 0.199. The molecular weight excluding hydrogens is 505 g/mol. The highest BCUT2D eigenvalue weighted by Gasteiger charge is 2.11. The molecule has 2 aromatic rings. The van der Waals surface area contributed by atoms with Gasteiger partial charge in [-0.2, -0.15) is 0 Å². The molecule has 1 unspecified atom stereocenters. The Hall–Kier alpha value is -1.82. The van der Waals surface area contributed by atoms with Crippen LogP contribution in [0.1, 0.15) is 44.6 Å². The molecule has 7 nitrogen and oxygen atoms in total. The van der Waals surface area contributed by atoms with E-state index in [1.54, 1.807) is 12.4 Å². The summed E-state index contributed by atoms with van der Waals surface area (Å²) in [6.45, 7) is 9.08. The summed E-state index contributed by atoms with van der Waals surface area (Å²) < 4.78 is 34.1. The van der Waals surface area contributed by atoms with Crippen LogP contribution in [0.5, 0.6) is 0 Å². The van der Waals surface area contributed by atoms with E-state index in [0.29, 0.717) is 44.4 Å². The first-order chi connectivity index (χ1) is 14.0. The van der Waals surface area contributed by atoms with Gasteiger partial charge in [0, 0.05) is 39.3 Å². The van der Waals surface area contributed by atoms with Crippen molar-refractivity contribution < 1.29 is 13.5 Å². The standard InChI is InChI=1S/C20H30F2N6O.HI/c1-4-19-27-25-14-28(19)11-10-24-20(23-9-6-12-29-5-2)26-15(3)16-7-8-17(21)18(22)13-16;/h7-8,13-15H,4-6,9-12H2,1-3H3,(H2,23,24,26);1H. The second-order valence-electron chi connectivity index (χ2n) is 6.54. The van der Waals surface area contributed by atoms with Gasteiger partial charge < -0.3 is 19.9 Å². The van der Waals surface area contributed by atoms with Gasteiger partial charge in [-0.05, 0) is 38.0 Å². The third-order valence-corrected chi connectivity index (χ3v) is 4.37. The second kappa shape index (κ2) is 14.2. The van der Waals surface area contributed by atoms with Gasteiger partial charge in [-0.3, -0.25) is 4.99 Å². The van der Waals surface area contributed by atoms with Crippen LogP contribution in [0, 0.1) is 11.6 Å². The van der Waals surface area contributed by atoms with Crippen molar-refractivity contribution in [2.45, 2.75) is 46.2 Å². The van der Waals surface area contributed by atoms with Crippen LogP contribution in [0.15, 0.2) is 29.5 Å². The van der Waals surface area contributed by atoms with Crippen molar-refractivity contribution in [1.82, 2.24) is 25.4 Å².